The standard InChI is InChI=1S/C14H13ClN2.C4H4ClNO2/c1-8(2)13-14-10(5-6-16-13)11-7-9(15)3-4-12(11)17-14;5-6-3(7)1-2-4(6)8/h3-8,17H,1-2H3;1-2H2. The number of imide groups is 1. The van der Waals surface area contributed by atoms with Crippen LogP contribution in [0.25, 0.3) is 21.8 Å². The average Bonchev–Trinajstić information content (AvgIpc) is 3.10. The lowest BCUT2D eigenvalue weighted by Gasteiger charge is -2.04. The van der Waals surface area contributed by atoms with Crippen LogP contribution in [0, 0.1) is 0 Å². The molecular weight excluding hydrogens is 361 g/mol. The Labute approximate surface area is 155 Å². The molecule has 1 aliphatic heterocycles. The molecule has 1 N–H and O–H groups in total. The molecule has 1 saturated heterocycles. The molecular formula is C18H17Cl2N3O2. The highest BCUT2D eigenvalue weighted by Crippen LogP contribution is 2.31. The number of halogens is 2. The zero-order valence-electron chi connectivity index (χ0n) is 13.8. The molecule has 25 heavy (non-hydrogen) atoms. The van der Waals surface area contributed by atoms with Crippen molar-refractivity contribution in [2.45, 2.75) is 32.6 Å². The number of nitrogens with one attached hydrogen (secondary N) is 1. The third-order valence-corrected chi connectivity index (χ3v) is 4.66. The van der Waals surface area contributed by atoms with Gasteiger partial charge in [-0.25, -0.2) is 0 Å². The maximum Gasteiger partial charge on any atom is 0.244 e. The summed E-state index contributed by atoms with van der Waals surface area (Å²) < 4.78 is 0.639. The minimum absolute atomic E-state index is 0.266. The van der Waals surface area contributed by atoms with Crippen molar-refractivity contribution in [3.05, 3.63) is 41.2 Å². The van der Waals surface area contributed by atoms with Crippen molar-refractivity contribution in [2.24, 2.45) is 0 Å². The number of nitrogens with zero attached hydrogens (tertiary/aromatic N) is 2. The molecule has 0 unspecified atom stereocenters. The zero-order chi connectivity index (χ0) is 18.1. The third kappa shape index (κ3) is 3.48. The van der Waals surface area contributed by atoms with Gasteiger partial charge in [-0.05, 0) is 30.2 Å². The summed E-state index contributed by atoms with van der Waals surface area (Å²) in [7, 11) is 0. The van der Waals surface area contributed by atoms with Crippen molar-refractivity contribution in [3.8, 4) is 0 Å². The quantitative estimate of drug-likeness (QED) is 0.489. The molecule has 130 valence electrons. The lowest BCUT2D eigenvalue weighted by molar-refractivity contribution is -0.132. The van der Waals surface area contributed by atoms with E-state index in [1.165, 1.54) is 5.39 Å². The minimum Gasteiger partial charge on any atom is -0.353 e. The number of benzene rings is 1. The van der Waals surface area contributed by atoms with E-state index < -0.39 is 0 Å². The molecule has 1 fully saturated rings. The molecule has 2 amide bonds. The van der Waals surface area contributed by atoms with Crippen molar-refractivity contribution >= 4 is 57.0 Å². The van der Waals surface area contributed by atoms with Crippen LogP contribution >= 0.6 is 23.4 Å². The van der Waals surface area contributed by atoms with E-state index in [4.69, 9.17) is 23.4 Å². The number of aromatic amines is 1. The minimum atomic E-state index is -0.295. The van der Waals surface area contributed by atoms with Crippen molar-refractivity contribution in [1.29, 1.82) is 0 Å². The first-order chi connectivity index (χ1) is 11.9. The second-order valence-electron chi connectivity index (χ2n) is 6.16. The molecule has 2 aromatic heterocycles. The normalized spacial score (nSPS) is 14.5. The highest BCUT2D eigenvalue weighted by molar-refractivity contribution is 6.32. The van der Waals surface area contributed by atoms with Crippen LogP contribution in [0.15, 0.2) is 30.5 Å². The largest absolute Gasteiger partial charge is 0.353 e. The molecule has 3 heterocycles. The van der Waals surface area contributed by atoms with Crippen LogP contribution in [-0.4, -0.2) is 26.2 Å². The number of aromatic nitrogens is 2. The Morgan fingerprint density at radius 2 is 1.80 bits per heavy atom. The van der Waals surface area contributed by atoms with Gasteiger partial charge in [-0.1, -0.05) is 25.4 Å². The van der Waals surface area contributed by atoms with E-state index in [1.54, 1.807) is 0 Å². The van der Waals surface area contributed by atoms with Crippen LogP contribution in [0.2, 0.25) is 5.02 Å². The summed E-state index contributed by atoms with van der Waals surface area (Å²) in [6.07, 6.45) is 2.40. The first-order valence-corrected chi connectivity index (χ1v) is 8.67. The van der Waals surface area contributed by atoms with Crippen LogP contribution < -0.4 is 0 Å². The molecule has 0 bridgehead atoms. The lowest BCUT2D eigenvalue weighted by atomic mass is 10.1. The summed E-state index contributed by atoms with van der Waals surface area (Å²) in [5.41, 5.74) is 3.34. The maximum absolute atomic E-state index is 10.4. The van der Waals surface area contributed by atoms with Crippen LogP contribution in [0.4, 0.5) is 0 Å². The molecule has 1 aromatic carbocycles. The maximum atomic E-state index is 10.4. The van der Waals surface area contributed by atoms with Gasteiger partial charge in [-0.3, -0.25) is 14.6 Å². The van der Waals surface area contributed by atoms with E-state index in [0.29, 0.717) is 10.3 Å². The molecule has 4 rings (SSSR count). The van der Waals surface area contributed by atoms with E-state index in [2.05, 4.69) is 23.8 Å². The zero-order valence-corrected chi connectivity index (χ0v) is 15.4. The number of hydrogen-bond donors (Lipinski definition) is 1. The van der Waals surface area contributed by atoms with Crippen LogP contribution in [0.3, 0.4) is 0 Å². The summed E-state index contributed by atoms with van der Waals surface area (Å²) in [5, 5.41) is 3.12. The smallest absolute Gasteiger partial charge is 0.244 e. The second-order valence-corrected chi connectivity index (χ2v) is 6.93. The van der Waals surface area contributed by atoms with E-state index >= 15 is 0 Å². The highest BCUT2D eigenvalue weighted by Gasteiger charge is 2.26. The highest BCUT2D eigenvalue weighted by atomic mass is 35.5. The van der Waals surface area contributed by atoms with Gasteiger partial charge in [0.15, 0.2) is 0 Å². The van der Waals surface area contributed by atoms with E-state index in [0.717, 1.165) is 27.1 Å². The number of hydrogen-bond acceptors (Lipinski definition) is 3. The van der Waals surface area contributed by atoms with Crippen molar-refractivity contribution in [2.75, 3.05) is 0 Å². The van der Waals surface area contributed by atoms with Crippen molar-refractivity contribution in [3.63, 3.8) is 0 Å². The number of amides is 2. The fraction of sp³-hybridized carbons (Fsp3) is 0.278. The van der Waals surface area contributed by atoms with E-state index in [1.807, 2.05) is 30.5 Å². The van der Waals surface area contributed by atoms with Crippen LogP contribution in [0.5, 0.6) is 0 Å². The Hall–Kier alpha value is -2.11. The Morgan fingerprint density at radius 1 is 1.12 bits per heavy atom. The predicted molar refractivity (Wildman–Crippen MR) is 99.6 cm³/mol. The summed E-state index contributed by atoms with van der Waals surface area (Å²) >= 11 is 11.2. The predicted octanol–water partition coefficient (Wildman–Crippen LogP) is 4.78. The molecule has 0 spiro atoms. The SMILES string of the molecule is CC(C)c1nccc2c1[nH]c1ccc(Cl)cc12.O=C1CCC(=O)N1Cl. The monoisotopic (exact) mass is 377 g/mol. The Kier molecular flexibility index (Phi) is 4.97. The van der Waals surface area contributed by atoms with Crippen molar-refractivity contribution in [1.82, 2.24) is 14.4 Å². The summed E-state index contributed by atoms with van der Waals surface area (Å²) in [6, 6.07) is 7.96. The van der Waals surface area contributed by atoms with Gasteiger partial charge in [0.05, 0.1) is 11.2 Å². The molecule has 7 heteroatoms. The number of rotatable bonds is 1. The number of H-pyrrole nitrogens is 1. The first kappa shape index (κ1) is 17.7. The topological polar surface area (TPSA) is 66.1 Å². The van der Waals surface area contributed by atoms with Gasteiger partial charge >= 0.3 is 0 Å². The molecule has 0 atom stereocenters. The summed E-state index contributed by atoms with van der Waals surface area (Å²) in [4.78, 5) is 28.6. The second kappa shape index (κ2) is 7.02. The molecule has 5 nitrogen and oxygen atoms in total. The molecule has 0 saturated carbocycles. The fourth-order valence-corrected chi connectivity index (χ4v) is 3.14. The Morgan fingerprint density at radius 3 is 2.36 bits per heavy atom. The average molecular weight is 378 g/mol. The first-order valence-electron chi connectivity index (χ1n) is 7.96. The number of carbonyl (C=O) groups is 2. The van der Waals surface area contributed by atoms with Gasteiger partial charge in [0.2, 0.25) is 11.8 Å². The van der Waals surface area contributed by atoms with Gasteiger partial charge in [0.1, 0.15) is 0 Å². The van der Waals surface area contributed by atoms with Crippen molar-refractivity contribution < 1.29 is 9.59 Å². The molecule has 0 radical (unpaired) electrons. The molecule has 1 aliphatic rings. The van der Waals surface area contributed by atoms with Gasteiger partial charge in [-0.15, -0.1) is 0 Å². The molecule has 3 aromatic rings. The van der Waals surface area contributed by atoms with Gasteiger partial charge in [-0.2, -0.15) is 4.42 Å². The summed E-state index contributed by atoms with van der Waals surface area (Å²) in [5.74, 6) is -0.185. The Balaban J connectivity index is 0.000000192. The van der Waals surface area contributed by atoms with E-state index in [9.17, 15) is 9.59 Å². The van der Waals surface area contributed by atoms with Gasteiger partial charge in [0.25, 0.3) is 0 Å². The number of carbonyl (C=O) groups excluding carboxylic acids is 2. The van der Waals surface area contributed by atoms with Gasteiger partial charge in [0, 0.05) is 52.1 Å². The summed E-state index contributed by atoms with van der Waals surface area (Å²) in [6.45, 7) is 4.31. The lowest BCUT2D eigenvalue weighted by Crippen LogP contribution is -2.16. The third-order valence-electron chi connectivity index (χ3n) is 4.05. The Bertz CT molecular complexity index is 950. The number of pyridine rings is 1. The fourth-order valence-electron chi connectivity index (χ4n) is 2.80. The molecule has 0 aliphatic carbocycles. The van der Waals surface area contributed by atoms with Crippen LogP contribution in [0.1, 0.15) is 38.3 Å². The van der Waals surface area contributed by atoms with E-state index in [-0.39, 0.29) is 24.7 Å². The van der Waals surface area contributed by atoms with Gasteiger partial charge < -0.3 is 4.98 Å². The number of fused-ring (bicyclic) bond motifs is 3. The van der Waals surface area contributed by atoms with Crippen LogP contribution in [-0.2, 0) is 9.59 Å².